The molecule has 0 aromatic carbocycles. The van der Waals surface area contributed by atoms with Gasteiger partial charge in [0.25, 0.3) is 0 Å². The lowest BCUT2D eigenvalue weighted by atomic mass is 9.36. The van der Waals surface area contributed by atoms with E-state index in [1.54, 1.807) is 6.92 Å². The summed E-state index contributed by atoms with van der Waals surface area (Å²) >= 11 is 0. The summed E-state index contributed by atoms with van der Waals surface area (Å²) in [5.74, 6) is -2.79. The molecule has 18 heavy (non-hydrogen) atoms. The van der Waals surface area contributed by atoms with E-state index in [0.717, 1.165) is 12.8 Å². The summed E-state index contributed by atoms with van der Waals surface area (Å²) in [6.07, 6.45) is 2.89. The molecule has 0 unspecified atom stereocenters. The molecule has 0 aromatic heterocycles. The Bertz CT molecular complexity index is 384. The molecular weight excluding hydrogens is 240 g/mol. The summed E-state index contributed by atoms with van der Waals surface area (Å²) in [6, 6.07) is 0. The van der Waals surface area contributed by atoms with Crippen LogP contribution in [-0.4, -0.2) is 24.0 Å². The van der Waals surface area contributed by atoms with Crippen molar-refractivity contribution in [2.75, 3.05) is 6.61 Å². The Morgan fingerprint density at radius 1 is 1.11 bits per heavy atom. The molecule has 0 saturated heterocycles. The molecule has 0 amide bonds. The van der Waals surface area contributed by atoms with Crippen LogP contribution in [0.3, 0.4) is 0 Å². The van der Waals surface area contributed by atoms with Crippen LogP contribution in [0.15, 0.2) is 0 Å². The molecule has 0 aromatic rings. The third-order valence-electron chi connectivity index (χ3n) is 4.83. The van der Waals surface area contributed by atoms with Gasteiger partial charge in [-0.25, -0.2) is 8.78 Å². The molecule has 2 N–H and O–H groups in total. The first-order chi connectivity index (χ1) is 8.22. The molecule has 3 saturated carbocycles. The molecule has 0 atom stereocenters. The van der Waals surface area contributed by atoms with Gasteiger partial charge in [-0.2, -0.15) is 0 Å². The second-order valence-corrected chi connectivity index (χ2v) is 6.79. The summed E-state index contributed by atoms with van der Waals surface area (Å²) in [6.45, 7) is 2.09. The molecule has 3 aliphatic carbocycles. The van der Waals surface area contributed by atoms with E-state index in [9.17, 15) is 13.6 Å². The van der Waals surface area contributed by atoms with Crippen molar-refractivity contribution in [2.45, 2.75) is 56.9 Å². The van der Waals surface area contributed by atoms with Gasteiger partial charge in [-0.05, 0) is 43.4 Å². The first-order valence-electron chi connectivity index (χ1n) is 6.56. The fraction of sp³-hybridized carbons (Fsp3) is 0.923. The molecule has 3 rings (SSSR count). The number of hydrogen-bond acceptors (Lipinski definition) is 3. The number of carbonyl (C=O) groups excluding carboxylic acids is 1. The number of esters is 1. The van der Waals surface area contributed by atoms with Gasteiger partial charge in [0.05, 0.1) is 6.61 Å². The molecule has 0 radical (unpaired) electrons. The lowest BCUT2D eigenvalue weighted by molar-refractivity contribution is -0.258. The summed E-state index contributed by atoms with van der Waals surface area (Å²) < 4.78 is 30.8. The van der Waals surface area contributed by atoms with E-state index in [0.29, 0.717) is 19.4 Å². The van der Waals surface area contributed by atoms with Gasteiger partial charge >= 0.3 is 5.97 Å². The second-order valence-electron chi connectivity index (χ2n) is 6.79. The predicted octanol–water partition coefficient (Wildman–Crippen LogP) is 2.24. The monoisotopic (exact) mass is 259 g/mol. The summed E-state index contributed by atoms with van der Waals surface area (Å²) in [5.41, 5.74) is 5.05. The maximum absolute atomic E-state index is 12.9. The zero-order valence-corrected chi connectivity index (χ0v) is 10.6. The molecule has 0 aliphatic heterocycles. The van der Waals surface area contributed by atoms with E-state index in [1.807, 2.05) is 0 Å². The number of carbonyl (C=O) groups is 1. The topological polar surface area (TPSA) is 52.3 Å². The van der Waals surface area contributed by atoms with Crippen molar-refractivity contribution >= 4 is 5.97 Å². The Balaban J connectivity index is 1.54. The average molecular weight is 259 g/mol. The Morgan fingerprint density at radius 2 is 1.61 bits per heavy atom. The standard InChI is InChI=1S/C13H19F2NO2/c1-2-18-9(17)12(16)5-10(6-12)3-11(4-10)7-13(14,15)8-11/h2-8,16H2,1H3. The number of alkyl halides is 2. The quantitative estimate of drug-likeness (QED) is 0.774. The Kier molecular flexibility index (Phi) is 2.22. The molecule has 0 bridgehead atoms. The Hall–Kier alpha value is -0.710. The Morgan fingerprint density at radius 3 is 2.06 bits per heavy atom. The number of rotatable bonds is 2. The van der Waals surface area contributed by atoms with Gasteiger partial charge in [0.1, 0.15) is 5.54 Å². The van der Waals surface area contributed by atoms with Gasteiger partial charge < -0.3 is 10.5 Å². The van der Waals surface area contributed by atoms with Gasteiger partial charge in [0.15, 0.2) is 0 Å². The number of ether oxygens (including phenoxy) is 1. The highest BCUT2D eigenvalue weighted by Gasteiger charge is 2.72. The van der Waals surface area contributed by atoms with Crippen LogP contribution in [0.2, 0.25) is 0 Å². The summed E-state index contributed by atoms with van der Waals surface area (Å²) in [4.78, 5) is 11.7. The minimum Gasteiger partial charge on any atom is -0.465 e. The van der Waals surface area contributed by atoms with Crippen molar-refractivity contribution in [1.29, 1.82) is 0 Å². The third-order valence-corrected chi connectivity index (χ3v) is 4.83. The lowest BCUT2D eigenvalue weighted by Gasteiger charge is -2.69. The van der Waals surface area contributed by atoms with Crippen molar-refractivity contribution in [1.82, 2.24) is 0 Å². The van der Waals surface area contributed by atoms with E-state index < -0.39 is 11.5 Å². The number of hydrogen-bond donors (Lipinski definition) is 1. The minimum atomic E-state index is -2.45. The highest BCUT2D eigenvalue weighted by Crippen LogP contribution is 2.75. The SMILES string of the molecule is CCOC(=O)C1(N)CC2(CC3(CC(F)(F)C3)C2)C1. The molecule has 3 nitrogen and oxygen atoms in total. The number of nitrogens with two attached hydrogens (primary N) is 1. The van der Waals surface area contributed by atoms with Crippen LogP contribution < -0.4 is 5.73 Å². The van der Waals surface area contributed by atoms with E-state index in [-0.39, 0.29) is 29.6 Å². The van der Waals surface area contributed by atoms with Gasteiger partial charge in [-0.1, -0.05) is 0 Å². The van der Waals surface area contributed by atoms with Crippen LogP contribution in [0.4, 0.5) is 8.78 Å². The summed E-state index contributed by atoms with van der Waals surface area (Å²) in [5, 5.41) is 0. The molecule has 102 valence electrons. The van der Waals surface area contributed by atoms with Crippen molar-refractivity contribution in [3.63, 3.8) is 0 Å². The van der Waals surface area contributed by atoms with Crippen molar-refractivity contribution in [3.8, 4) is 0 Å². The molecule has 3 aliphatic rings. The highest BCUT2D eigenvalue weighted by atomic mass is 19.3. The molecular formula is C13H19F2NO2. The second kappa shape index (κ2) is 3.24. The fourth-order valence-corrected chi connectivity index (χ4v) is 4.79. The normalized spacial score (nSPS) is 32.2. The van der Waals surface area contributed by atoms with Gasteiger partial charge in [0, 0.05) is 12.8 Å². The zero-order valence-electron chi connectivity index (χ0n) is 10.6. The summed E-state index contributed by atoms with van der Waals surface area (Å²) in [7, 11) is 0. The van der Waals surface area contributed by atoms with Crippen molar-refractivity contribution in [3.05, 3.63) is 0 Å². The fourth-order valence-electron chi connectivity index (χ4n) is 4.79. The largest absolute Gasteiger partial charge is 0.465 e. The third kappa shape index (κ3) is 1.59. The van der Waals surface area contributed by atoms with Crippen LogP contribution in [0.5, 0.6) is 0 Å². The highest BCUT2D eigenvalue weighted by molar-refractivity contribution is 5.82. The van der Waals surface area contributed by atoms with Crippen LogP contribution in [0, 0.1) is 10.8 Å². The number of halogens is 2. The average Bonchev–Trinajstić information content (AvgIpc) is 2.09. The maximum atomic E-state index is 12.9. The van der Waals surface area contributed by atoms with Crippen LogP contribution in [0.25, 0.3) is 0 Å². The first kappa shape index (κ1) is 12.3. The van der Waals surface area contributed by atoms with Crippen LogP contribution in [-0.2, 0) is 9.53 Å². The lowest BCUT2D eigenvalue weighted by Crippen LogP contribution is -2.71. The minimum absolute atomic E-state index is 0.0265. The van der Waals surface area contributed by atoms with Gasteiger partial charge in [-0.15, -0.1) is 0 Å². The van der Waals surface area contributed by atoms with Crippen LogP contribution >= 0.6 is 0 Å². The van der Waals surface area contributed by atoms with E-state index in [4.69, 9.17) is 10.5 Å². The maximum Gasteiger partial charge on any atom is 0.326 e. The van der Waals surface area contributed by atoms with Crippen LogP contribution in [0.1, 0.15) is 45.4 Å². The Labute approximate surface area is 105 Å². The van der Waals surface area contributed by atoms with E-state index in [1.165, 1.54) is 0 Å². The molecule has 2 spiro atoms. The smallest absolute Gasteiger partial charge is 0.326 e. The van der Waals surface area contributed by atoms with E-state index in [2.05, 4.69) is 0 Å². The van der Waals surface area contributed by atoms with Gasteiger partial charge in [0.2, 0.25) is 5.92 Å². The molecule has 0 heterocycles. The van der Waals surface area contributed by atoms with Crippen molar-refractivity contribution in [2.24, 2.45) is 16.6 Å². The van der Waals surface area contributed by atoms with E-state index >= 15 is 0 Å². The molecule has 5 heteroatoms. The molecule has 3 fully saturated rings. The first-order valence-corrected chi connectivity index (χ1v) is 6.56. The predicted molar refractivity (Wildman–Crippen MR) is 61.1 cm³/mol. The van der Waals surface area contributed by atoms with Gasteiger partial charge in [-0.3, -0.25) is 4.79 Å². The zero-order chi connectivity index (χ0) is 13.2. The van der Waals surface area contributed by atoms with Crippen molar-refractivity contribution < 1.29 is 18.3 Å².